The van der Waals surface area contributed by atoms with Gasteiger partial charge >= 0.3 is 0 Å². The van der Waals surface area contributed by atoms with Crippen LogP contribution in [0, 0.1) is 5.92 Å². The molecule has 0 saturated carbocycles. The first-order chi connectivity index (χ1) is 9.13. The highest BCUT2D eigenvalue weighted by Gasteiger charge is 2.16. The molecule has 1 aromatic heterocycles. The molecule has 1 saturated heterocycles. The third kappa shape index (κ3) is 4.92. The van der Waals surface area contributed by atoms with Crippen molar-refractivity contribution in [1.29, 1.82) is 0 Å². The zero-order chi connectivity index (χ0) is 13.7. The van der Waals surface area contributed by atoms with E-state index in [1.165, 1.54) is 31.6 Å². The number of pyridine rings is 1. The summed E-state index contributed by atoms with van der Waals surface area (Å²) < 4.78 is 0. The Morgan fingerprint density at radius 1 is 1.37 bits per heavy atom. The molecule has 1 aliphatic heterocycles. The second-order valence-corrected chi connectivity index (χ2v) is 6.14. The highest BCUT2D eigenvalue weighted by molar-refractivity contribution is 5.11. The number of nitrogens with zero attached hydrogens (tertiary/aromatic N) is 2. The van der Waals surface area contributed by atoms with Gasteiger partial charge in [-0.1, -0.05) is 26.8 Å². The van der Waals surface area contributed by atoms with Crippen LogP contribution in [-0.2, 0) is 13.1 Å². The zero-order valence-corrected chi connectivity index (χ0v) is 12.5. The molecule has 1 aromatic rings. The van der Waals surface area contributed by atoms with Crippen molar-refractivity contribution in [3.63, 3.8) is 0 Å². The van der Waals surface area contributed by atoms with Gasteiger partial charge in [0.15, 0.2) is 0 Å². The molecule has 19 heavy (non-hydrogen) atoms. The molecule has 2 rings (SSSR count). The van der Waals surface area contributed by atoms with E-state index >= 15 is 0 Å². The van der Waals surface area contributed by atoms with E-state index in [-0.39, 0.29) is 0 Å². The third-order valence-corrected chi connectivity index (χ3v) is 3.68. The molecular weight excluding hydrogens is 234 g/mol. The van der Waals surface area contributed by atoms with Gasteiger partial charge in [-0.3, -0.25) is 9.88 Å². The van der Waals surface area contributed by atoms with Crippen LogP contribution in [0.5, 0.6) is 0 Å². The molecule has 0 amide bonds. The third-order valence-electron chi connectivity index (χ3n) is 3.68. The largest absolute Gasteiger partial charge is 0.309 e. The van der Waals surface area contributed by atoms with E-state index in [0.717, 1.165) is 24.7 Å². The standard InChI is InChI=1S/C16H27N3/c1-13(2)17-10-15-7-4-8-16(18-15)12-19-9-5-6-14(3)11-19/h4,7-8,13-14,17H,5-6,9-12H2,1-3H3. The molecule has 1 atom stereocenters. The second-order valence-electron chi connectivity index (χ2n) is 6.14. The highest BCUT2D eigenvalue weighted by atomic mass is 15.1. The second kappa shape index (κ2) is 7.01. The Hall–Kier alpha value is -0.930. The van der Waals surface area contributed by atoms with E-state index < -0.39 is 0 Å². The van der Waals surface area contributed by atoms with Crippen molar-refractivity contribution in [2.75, 3.05) is 13.1 Å². The van der Waals surface area contributed by atoms with E-state index in [2.05, 4.69) is 49.2 Å². The minimum atomic E-state index is 0.508. The zero-order valence-electron chi connectivity index (χ0n) is 12.5. The summed E-state index contributed by atoms with van der Waals surface area (Å²) in [6.07, 6.45) is 2.71. The van der Waals surface area contributed by atoms with E-state index in [0.29, 0.717) is 6.04 Å². The SMILES string of the molecule is CC1CCCN(Cc2cccc(CNC(C)C)n2)C1. The number of nitrogens with one attached hydrogen (secondary N) is 1. The van der Waals surface area contributed by atoms with Gasteiger partial charge in [-0.05, 0) is 37.4 Å². The van der Waals surface area contributed by atoms with Crippen molar-refractivity contribution in [2.45, 2.75) is 52.7 Å². The Bertz CT molecular complexity index is 389. The van der Waals surface area contributed by atoms with Crippen LogP contribution < -0.4 is 5.32 Å². The lowest BCUT2D eigenvalue weighted by atomic mass is 10.0. The first-order valence-corrected chi connectivity index (χ1v) is 7.54. The Labute approximate surface area is 117 Å². The van der Waals surface area contributed by atoms with Gasteiger partial charge in [0, 0.05) is 25.7 Å². The number of rotatable bonds is 5. The van der Waals surface area contributed by atoms with Gasteiger partial charge in [0.1, 0.15) is 0 Å². The number of piperidine rings is 1. The lowest BCUT2D eigenvalue weighted by Gasteiger charge is -2.30. The van der Waals surface area contributed by atoms with Crippen LogP contribution in [0.4, 0.5) is 0 Å². The van der Waals surface area contributed by atoms with Crippen molar-refractivity contribution in [2.24, 2.45) is 5.92 Å². The summed E-state index contributed by atoms with van der Waals surface area (Å²) >= 11 is 0. The van der Waals surface area contributed by atoms with Crippen molar-refractivity contribution in [3.05, 3.63) is 29.6 Å². The topological polar surface area (TPSA) is 28.2 Å². The molecular formula is C16H27N3. The van der Waals surface area contributed by atoms with Crippen LogP contribution in [-0.4, -0.2) is 29.0 Å². The molecule has 3 heteroatoms. The van der Waals surface area contributed by atoms with Crippen LogP contribution >= 0.6 is 0 Å². The van der Waals surface area contributed by atoms with Gasteiger partial charge in [0.05, 0.1) is 11.4 Å². The maximum Gasteiger partial charge on any atom is 0.0547 e. The number of hydrogen-bond donors (Lipinski definition) is 1. The normalized spacial score (nSPS) is 20.9. The molecule has 1 fully saturated rings. The Morgan fingerprint density at radius 3 is 2.89 bits per heavy atom. The van der Waals surface area contributed by atoms with Crippen LogP contribution in [0.3, 0.4) is 0 Å². The first kappa shape index (κ1) is 14.5. The van der Waals surface area contributed by atoms with Crippen molar-refractivity contribution in [1.82, 2.24) is 15.2 Å². The molecule has 0 aliphatic carbocycles. The molecule has 1 N–H and O–H groups in total. The van der Waals surface area contributed by atoms with E-state index in [1.807, 2.05) is 0 Å². The van der Waals surface area contributed by atoms with Gasteiger partial charge in [-0.25, -0.2) is 0 Å². The summed E-state index contributed by atoms with van der Waals surface area (Å²) in [5, 5.41) is 3.42. The maximum absolute atomic E-state index is 4.76. The predicted octanol–water partition coefficient (Wildman–Crippen LogP) is 2.81. The Kier molecular flexibility index (Phi) is 5.34. The van der Waals surface area contributed by atoms with Gasteiger partial charge in [0.25, 0.3) is 0 Å². The van der Waals surface area contributed by atoms with Crippen LogP contribution in [0.2, 0.25) is 0 Å². The average molecular weight is 261 g/mol. The summed E-state index contributed by atoms with van der Waals surface area (Å²) in [7, 11) is 0. The molecule has 1 aliphatic rings. The number of hydrogen-bond acceptors (Lipinski definition) is 3. The Morgan fingerprint density at radius 2 is 2.16 bits per heavy atom. The number of likely N-dealkylation sites (tertiary alicyclic amines) is 1. The van der Waals surface area contributed by atoms with E-state index in [1.54, 1.807) is 0 Å². The summed E-state index contributed by atoms with van der Waals surface area (Å²) in [6, 6.07) is 6.90. The molecule has 2 heterocycles. The lowest BCUT2D eigenvalue weighted by molar-refractivity contribution is 0.174. The van der Waals surface area contributed by atoms with Crippen molar-refractivity contribution >= 4 is 0 Å². The van der Waals surface area contributed by atoms with E-state index in [9.17, 15) is 0 Å². The molecule has 3 nitrogen and oxygen atoms in total. The average Bonchev–Trinajstić information content (AvgIpc) is 2.37. The molecule has 0 aromatic carbocycles. The minimum Gasteiger partial charge on any atom is -0.309 e. The van der Waals surface area contributed by atoms with Gasteiger partial charge in [-0.2, -0.15) is 0 Å². The molecule has 0 radical (unpaired) electrons. The summed E-state index contributed by atoms with van der Waals surface area (Å²) in [4.78, 5) is 7.30. The van der Waals surface area contributed by atoms with Gasteiger partial charge in [0.2, 0.25) is 0 Å². The number of aromatic nitrogens is 1. The minimum absolute atomic E-state index is 0.508. The highest BCUT2D eigenvalue weighted by Crippen LogP contribution is 2.17. The maximum atomic E-state index is 4.76. The fourth-order valence-corrected chi connectivity index (χ4v) is 2.68. The quantitative estimate of drug-likeness (QED) is 0.883. The predicted molar refractivity (Wildman–Crippen MR) is 79.9 cm³/mol. The fourth-order valence-electron chi connectivity index (χ4n) is 2.68. The summed E-state index contributed by atoms with van der Waals surface area (Å²) in [6.45, 7) is 11.0. The van der Waals surface area contributed by atoms with Gasteiger partial charge in [-0.15, -0.1) is 0 Å². The van der Waals surface area contributed by atoms with Gasteiger partial charge < -0.3 is 5.32 Å². The monoisotopic (exact) mass is 261 g/mol. The summed E-state index contributed by atoms with van der Waals surface area (Å²) in [5.41, 5.74) is 2.36. The van der Waals surface area contributed by atoms with Crippen LogP contribution in [0.15, 0.2) is 18.2 Å². The molecule has 106 valence electrons. The van der Waals surface area contributed by atoms with Crippen LogP contribution in [0.25, 0.3) is 0 Å². The first-order valence-electron chi connectivity index (χ1n) is 7.54. The van der Waals surface area contributed by atoms with E-state index in [4.69, 9.17) is 4.98 Å². The summed E-state index contributed by atoms with van der Waals surface area (Å²) in [5.74, 6) is 0.833. The molecule has 1 unspecified atom stereocenters. The molecule has 0 bridgehead atoms. The van der Waals surface area contributed by atoms with Crippen molar-refractivity contribution in [3.8, 4) is 0 Å². The Balaban J connectivity index is 1.90. The lowest BCUT2D eigenvalue weighted by Crippen LogP contribution is -2.34. The molecule has 0 spiro atoms. The van der Waals surface area contributed by atoms with Crippen molar-refractivity contribution < 1.29 is 0 Å². The van der Waals surface area contributed by atoms with Crippen LogP contribution in [0.1, 0.15) is 45.0 Å². The smallest absolute Gasteiger partial charge is 0.0547 e. The fraction of sp³-hybridized carbons (Fsp3) is 0.688.